The molecule has 0 radical (unpaired) electrons. The van der Waals surface area contributed by atoms with Gasteiger partial charge in [0.05, 0.1) is 0 Å². The van der Waals surface area contributed by atoms with E-state index in [1.807, 2.05) is 0 Å². The fraction of sp³-hybridized carbons (Fsp3) is 0.267. The van der Waals surface area contributed by atoms with Crippen LogP contribution in [0.3, 0.4) is 0 Å². The second-order valence-electron chi connectivity index (χ2n) is 4.66. The number of aryl methyl sites for hydroxylation is 1. The van der Waals surface area contributed by atoms with Crippen LogP contribution in [-0.2, 0) is 22.6 Å². The summed E-state index contributed by atoms with van der Waals surface area (Å²) in [5.74, 6) is -0.753. The molecule has 22 heavy (non-hydrogen) atoms. The molecule has 0 spiro atoms. The molecule has 0 atom stereocenters. The molecule has 1 amide bonds. The summed E-state index contributed by atoms with van der Waals surface area (Å²) in [6.45, 7) is 0.249. The average molecular weight is 304 g/mol. The summed E-state index contributed by atoms with van der Waals surface area (Å²) >= 11 is 0. The third kappa shape index (κ3) is 4.42. The molecule has 0 fully saturated rings. The number of methoxy groups -OCH3 is 1. The normalized spacial score (nSPS) is 10.4. The summed E-state index contributed by atoms with van der Waals surface area (Å²) in [4.78, 5) is 22.5. The highest BCUT2D eigenvalue weighted by Crippen LogP contribution is 2.13. The summed E-state index contributed by atoms with van der Waals surface area (Å²) in [5, 5.41) is 15.0. The Morgan fingerprint density at radius 3 is 2.68 bits per heavy atom. The van der Waals surface area contributed by atoms with Crippen LogP contribution in [0.5, 0.6) is 0 Å². The fourth-order valence-corrected chi connectivity index (χ4v) is 1.83. The Morgan fingerprint density at radius 2 is 2.05 bits per heavy atom. The highest BCUT2D eigenvalue weighted by atomic mass is 16.5. The van der Waals surface area contributed by atoms with Crippen LogP contribution in [0.15, 0.2) is 34.9 Å². The Balaban J connectivity index is 1.94. The van der Waals surface area contributed by atoms with Crippen LogP contribution in [0.25, 0.3) is 0 Å². The zero-order chi connectivity index (χ0) is 15.9. The summed E-state index contributed by atoms with van der Waals surface area (Å²) in [6, 6.07) is 8.49. The van der Waals surface area contributed by atoms with Crippen LogP contribution >= 0.6 is 0 Å². The van der Waals surface area contributed by atoms with E-state index >= 15 is 0 Å². The van der Waals surface area contributed by atoms with Gasteiger partial charge in [-0.1, -0.05) is 17.3 Å². The van der Waals surface area contributed by atoms with E-state index in [9.17, 15) is 9.59 Å². The number of aliphatic carboxylic acids is 1. The molecule has 0 aliphatic carbocycles. The number of rotatable bonds is 7. The quantitative estimate of drug-likeness (QED) is 0.812. The van der Waals surface area contributed by atoms with Crippen LogP contribution in [0, 0.1) is 0 Å². The van der Waals surface area contributed by atoms with Gasteiger partial charge < -0.3 is 19.7 Å². The van der Waals surface area contributed by atoms with Crippen molar-refractivity contribution in [2.75, 3.05) is 12.4 Å². The lowest BCUT2D eigenvalue weighted by molar-refractivity contribution is -0.136. The van der Waals surface area contributed by atoms with E-state index in [2.05, 4.69) is 10.5 Å². The van der Waals surface area contributed by atoms with Gasteiger partial charge in [0.15, 0.2) is 11.5 Å². The van der Waals surface area contributed by atoms with Gasteiger partial charge in [0.2, 0.25) is 0 Å². The number of hydrogen-bond donors (Lipinski definition) is 2. The highest BCUT2D eigenvalue weighted by molar-refractivity contribution is 6.02. The minimum atomic E-state index is -0.838. The Bertz CT molecular complexity index is 648. The predicted octanol–water partition coefficient (Wildman–Crippen LogP) is 2.09. The molecule has 2 aromatic rings. The lowest BCUT2D eigenvalue weighted by Crippen LogP contribution is -2.12. The van der Waals surface area contributed by atoms with Gasteiger partial charge >= 0.3 is 5.97 Å². The summed E-state index contributed by atoms with van der Waals surface area (Å²) in [7, 11) is 1.52. The fourth-order valence-electron chi connectivity index (χ4n) is 1.83. The smallest absolute Gasteiger partial charge is 0.303 e. The number of aromatic nitrogens is 1. The van der Waals surface area contributed by atoms with Crippen LogP contribution in [0.4, 0.5) is 5.69 Å². The third-order valence-electron chi connectivity index (χ3n) is 2.92. The van der Waals surface area contributed by atoms with Gasteiger partial charge in [-0.05, 0) is 24.1 Å². The first-order chi connectivity index (χ1) is 10.6. The van der Waals surface area contributed by atoms with Gasteiger partial charge in [-0.15, -0.1) is 0 Å². The van der Waals surface area contributed by atoms with E-state index in [-0.39, 0.29) is 24.6 Å². The largest absolute Gasteiger partial charge is 0.481 e. The second kappa shape index (κ2) is 7.37. The number of carboxylic acids is 1. The molecule has 0 aliphatic rings. The Kier molecular flexibility index (Phi) is 5.26. The van der Waals surface area contributed by atoms with Crippen molar-refractivity contribution >= 4 is 17.6 Å². The lowest BCUT2D eigenvalue weighted by atomic mass is 10.1. The minimum Gasteiger partial charge on any atom is -0.481 e. The molecule has 0 saturated carbocycles. The van der Waals surface area contributed by atoms with E-state index in [1.54, 1.807) is 24.3 Å². The van der Waals surface area contributed by atoms with Gasteiger partial charge in [-0.25, -0.2) is 0 Å². The first-order valence-corrected chi connectivity index (χ1v) is 6.65. The van der Waals surface area contributed by atoms with Crippen molar-refractivity contribution in [3.05, 3.63) is 47.3 Å². The molecule has 7 nitrogen and oxygen atoms in total. The van der Waals surface area contributed by atoms with E-state index < -0.39 is 5.97 Å². The molecule has 7 heteroatoms. The number of benzene rings is 1. The predicted molar refractivity (Wildman–Crippen MR) is 77.6 cm³/mol. The summed E-state index contributed by atoms with van der Waals surface area (Å²) in [5.41, 5.74) is 1.66. The van der Waals surface area contributed by atoms with E-state index in [1.165, 1.54) is 13.2 Å². The lowest BCUT2D eigenvalue weighted by Gasteiger charge is -2.04. The molecule has 0 saturated heterocycles. The van der Waals surface area contributed by atoms with Crippen molar-refractivity contribution in [2.45, 2.75) is 19.4 Å². The second-order valence-corrected chi connectivity index (χ2v) is 4.66. The number of nitrogens with one attached hydrogen (secondary N) is 1. The summed E-state index contributed by atoms with van der Waals surface area (Å²) < 4.78 is 9.83. The van der Waals surface area contributed by atoms with Crippen molar-refractivity contribution in [1.29, 1.82) is 0 Å². The monoisotopic (exact) mass is 304 g/mol. The van der Waals surface area contributed by atoms with E-state index in [4.69, 9.17) is 14.4 Å². The number of carboxylic acid groups (broad SMARTS) is 1. The van der Waals surface area contributed by atoms with Gasteiger partial charge in [-0.2, -0.15) is 0 Å². The number of carbonyl (C=O) groups is 2. The number of anilines is 1. The number of nitrogens with zero attached hydrogens (tertiary/aromatic N) is 1. The Hall–Kier alpha value is -2.67. The first-order valence-electron chi connectivity index (χ1n) is 6.65. The molecular weight excluding hydrogens is 288 g/mol. The third-order valence-corrected chi connectivity index (χ3v) is 2.92. The highest BCUT2D eigenvalue weighted by Gasteiger charge is 2.12. The van der Waals surface area contributed by atoms with Gasteiger partial charge in [-0.3, -0.25) is 9.59 Å². The van der Waals surface area contributed by atoms with Gasteiger partial charge in [0.25, 0.3) is 5.91 Å². The molecular formula is C15H16N2O5. The number of hydrogen-bond acceptors (Lipinski definition) is 5. The summed E-state index contributed by atoms with van der Waals surface area (Å²) in [6.07, 6.45) is 0.528. The number of carbonyl (C=O) groups excluding carboxylic acids is 1. The van der Waals surface area contributed by atoms with E-state index in [0.29, 0.717) is 17.9 Å². The molecule has 116 valence electrons. The zero-order valence-corrected chi connectivity index (χ0v) is 12.0. The van der Waals surface area contributed by atoms with Crippen molar-refractivity contribution < 1.29 is 24.0 Å². The molecule has 2 N–H and O–H groups in total. The van der Waals surface area contributed by atoms with Crippen LogP contribution < -0.4 is 5.32 Å². The van der Waals surface area contributed by atoms with Crippen molar-refractivity contribution in [2.24, 2.45) is 0 Å². The van der Waals surface area contributed by atoms with Crippen LogP contribution in [0.2, 0.25) is 0 Å². The molecule has 0 bridgehead atoms. The van der Waals surface area contributed by atoms with Crippen LogP contribution in [0.1, 0.15) is 28.2 Å². The topological polar surface area (TPSA) is 102 Å². The maximum Gasteiger partial charge on any atom is 0.303 e. The number of ether oxygens (including phenoxy) is 1. The SMILES string of the molecule is COCc1cc(C(=O)Nc2ccc(CCC(=O)O)cc2)no1. The van der Waals surface area contributed by atoms with Crippen LogP contribution in [-0.4, -0.2) is 29.2 Å². The molecule has 0 unspecified atom stereocenters. The first kappa shape index (κ1) is 15.7. The Morgan fingerprint density at radius 1 is 1.32 bits per heavy atom. The van der Waals surface area contributed by atoms with Gasteiger partial charge in [0, 0.05) is 25.3 Å². The molecule has 1 aromatic carbocycles. The molecule has 1 aromatic heterocycles. The van der Waals surface area contributed by atoms with Crippen molar-refractivity contribution in [3.8, 4) is 0 Å². The van der Waals surface area contributed by atoms with Gasteiger partial charge in [0.1, 0.15) is 6.61 Å². The molecule has 1 heterocycles. The minimum absolute atomic E-state index is 0.0763. The maximum absolute atomic E-state index is 12.0. The van der Waals surface area contributed by atoms with Crippen molar-refractivity contribution in [1.82, 2.24) is 5.16 Å². The maximum atomic E-state index is 12.0. The van der Waals surface area contributed by atoms with Crippen molar-refractivity contribution in [3.63, 3.8) is 0 Å². The zero-order valence-electron chi connectivity index (χ0n) is 12.0. The Labute approximate surface area is 126 Å². The molecule has 2 rings (SSSR count). The molecule has 0 aliphatic heterocycles. The number of amides is 1. The standard InChI is InChI=1S/C15H16N2O5/c1-21-9-12-8-13(17-22-12)15(20)16-11-5-2-10(3-6-11)4-7-14(18)19/h2-3,5-6,8H,4,7,9H2,1H3,(H,16,20)(H,18,19). The average Bonchev–Trinajstić information content (AvgIpc) is 2.96. The van der Waals surface area contributed by atoms with E-state index in [0.717, 1.165) is 5.56 Å².